The van der Waals surface area contributed by atoms with Crippen molar-refractivity contribution in [3.63, 3.8) is 0 Å². The average Bonchev–Trinajstić information content (AvgIpc) is 2.21. The first-order valence-corrected chi connectivity index (χ1v) is 5.14. The van der Waals surface area contributed by atoms with Crippen LogP contribution in [0.15, 0.2) is 23.3 Å². The van der Waals surface area contributed by atoms with E-state index in [0.717, 1.165) is 12.0 Å². The second-order valence-electron chi connectivity index (χ2n) is 2.64. The summed E-state index contributed by atoms with van der Waals surface area (Å²) in [6.45, 7) is 12.0. The molecule has 1 nitrogen and oxygen atoms in total. The molecule has 0 rings (SSSR count). The molecule has 13 heavy (non-hydrogen) atoms. The van der Waals surface area contributed by atoms with Crippen LogP contribution in [0.4, 0.5) is 0 Å². The third-order valence-electron chi connectivity index (χ3n) is 1.95. The van der Waals surface area contributed by atoms with Gasteiger partial charge in [-0.3, -0.25) is 0 Å². The van der Waals surface area contributed by atoms with Gasteiger partial charge in [-0.15, -0.1) is 0 Å². The molecule has 0 fully saturated rings. The molecule has 0 aromatic carbocycles. The van der Waals surface area contributed by atoms with E-state index in [1.54, 1.807) is 0 Å². The molecule has 0 bridgehead atoms. The summed E-state index contributed by atoms with van der Waals surface area (Å²) >= 11 is 0. The molecule has 1 N–H and O–H groups in total. The lowest BCUT2D eigenvalue weighted by molar-refractivity contribution is 0.208. The third kappa shape index (κ3) is 5.64. The molecule has 1 atom stereocenters. The maximum Gasteiger partial charge on any atom is 0.0786 e. The lowest BCUT2D eigenvalue weighted by Crippen LogP contribution is -2.09. The van der Waals surface area contributed by atoms with Crippen molar-refractivity contribution >= 4 is 0 Å². The molecule has 0 aliphatic heterocycles. The number of hydrogen-bond acceptors (Lipinski definition) is 1. The summed E-state index contributed by atoms with van der Waals surface area (Å²) in [5.41, 5.74) is 2.22. The van der Waals surface area contributed by atoms with Crippen molar-refractivity contribution in [2.24, 2.45) is 0 Å². The van der Waals surface area contributed by atoms with Crippen LogP contribution in [-0.4, -0.2) is 11.2 Å². The Morgan fingerprint density at radius 2 is 1.69 bits per heavy atom. The molecule has 0 heterocycles. The second-order valence-corrected chi connectivity index (χ2v) is 2.64. The van der Waals surface area contributed by atoms with Crippen LogP contribution < -0.4 is 0 Å². The van der Waals surface area contributed by atoms with Gasteiger partial charge < -0.3 is 5.11 Å². The van der Waals surface area contributed by atoms with E-state index in [9.17, 15) is 5.11 Å². The topological polar surface area (TPSA) is 20.2 Å². The third-order valence-corrected chi connectivity index (χ3v) is 1.95. The molecular weight excluding hydrogens is 160 g/mol. The fourth-order valence-electron chi connectivity index (χ4n) is 1.07. The number of hydrogen-bond donors (Lipinski definition) is 1. The Morgan fingerprint density at radius 3 is 1.92 bits per heavy atom. The predicted molar refractivity (Wildman–Crippen MR) is 60.8 cm³/mol. The highest BCUT2D eigenvalue weighted by molar-refractivity contribution is 5.31. The van der Waals surface area contributed by atoms with Crippen LogP contribution in [0.2, 0.25) is 0 Å². The highest BCUT2D eigenvalue weighted by atomic mass is 16.3. The molecule has 0 saturated heterocycles. The lowest BCUT2D eigenvalue weighted by atomic mass is 10.00. The van der Waals surface area contributed by atoms with E-state index in [1.807, 2.05) is 53.7 Å². The van der Waals surface area contributed by atoms with Crippen LogP contribution in [-0.2, 0) is 0 Å². The summed E-state index contributed by atoms with van der Waals surface area (Å²) < 4.78 is 0. The number of rotatable bonds is 3. The molecule has 0 aliphatic rings. The van der Waals surface area contributed by atoms with Gasteiger partial charge in [-0.1, -0.05) is 32.9 Å². The van der Waals surface area contributed by atoms with Gasteiger partial charge >= 0.3 is 0 Å². The second kappa shape index (κ2) is 9.53. The standard InChI is InChI=1S/C10H18O.C2H6/c1-5-8(4)9(6-2)10(11)7-3;1-2/h5-6,10-11H,7H2,1-4H3;1-2H3/b8-5-,9-6+;. The fraction of sp³-hybridized carbons (Fsp3) is 0.667. The molecule has 0 amide bonds. The van der Waals surface area contributed by atoms with Crippen LogP contribution in [0.1, 0.15) is 48.0 Å². The summed E-state index contributed by atoms with van der Waals surface area (Å²) in [4.78, 5) is 0. The Bertz CT molecular complexity index is 166. The van der Waals surface area contributed by atoms with Crippen molar-refractivity contribution in [2.45, 2.75) is 54.1 Å². The van der Waals surface area contributed by atoms with Gasteiger partial charge in [-0.05, 0) is 38.3 Å². The van der Waals surface area contributed by atoms with Gasteiger partial charge in [0.2, 0.25) is 0 Å². The van der Waals surface area contributed by atoms with Crippen molar-refractivity contribution in [2.75, 3.05) is 0 Å². The van der Waals surface area contributed by atoms with Crippen LogP contribution in [0.25, 0.3) is 0 Å². The van der Waals surface area contributed by atoms with Crippen LogP contribution >= 0.6 is 0 Å². The molecule has 78 valence electrons. The van der Waals surface area contributed by atoms with Crippen molar-refractivity contribution in [3.05, 3.63) is 23.3 Å². The molecule has 0 spiro atoms. The van der Waals surface area contributed by atoms with Gasteiger partial charge in [0, 0.05) is 0 Å². The molecule has 1 unspecified atom stereocenters. The minimum Gasteiger partial charge on any atom is -0.388 e. The van der Waals surface area contributed by atoms with E-state index < -0.39 is 0 Å². The van der Waals surface area contributed by atoms with Crippen molar-refractivity contribution in [1.29, 1.82) is 0 Å². The molecule has 0 aromatic heterocycles. The van der Waals surface area contributed by atoms with E-state index >= 15 is 0 Å². The van der Waals surface area contributed by atoms with Crippen LogP contribution in [0.3, 0.4) is 0 Å². The van der Waals surface area contributed by atoms with Crippen LogP contribution in [0, 0.1) is 0 Å². The Kier molecular flexibility index (Phi) is 10.9. The minimum atomic E-state index is -0.295. The Hall–Kier alpha value is -0.560. The van der Waals surface area contributed by atoms with Gasteiger partial charge in [0.05, 0.1) is 6.10 Å². The average molecular weight is 184 g/mol. The van der Waals surface area contributed by atoms with Crippen LogP contribution in [0.5, 0.6) is 0 Å². The zero-order valence-electron chi connectivity index (χ0n) is 9.89. The molecule has 1 heteroatoms. The Labute approximate surface area is 83.2 Å². The van der Waals surface area contributed by atoms with E-state index in [1.165, 1.54) is 5.57 Å². The van der Waals surface area contributed by atoms with Gasteiger partial charge in [0.1, 0.15) is 0 Å². The molecule has 0 saturated carbocycles. The summed E-state index contributed by atoms with van der Waals surface area (Å²) in [5, 5.41) is 9.51. The largest absolute Gasteiger partial charge is 0.388 e. The molecule has 0 aliphatic carbocycles. The van der Waals surface area contributed by atoms with Gasteiger partial charge in [-0.2, -0.15) is 0 Å². The maximum atomic E-state index is 9.51. The Balaban J connectivity index is 0. The molecule has 0 radical (unpaired) electrons. The summed E-state index contributed by atoms with van der Waals surface area (Å²) in [7, 11) is 0. The summed E-state index contributed by atoms with van der Waals surface area (Å²) in [6.07, 6.45) is 4.49. The lowest BCUT2D eigenvalue weighted by Gasteiger charge is -2.12. The number of aliphatic hydroxyl groups is 1. The number of aliphatic hydroxyl groups excluding tert-OH is 1. The highest BCUT2D eigenvalue weighted by Crippen LogP contribution is 2.15. The van der Waals surface area contributed by atoms with Crippen molar-refractivity contribution < 1.29 is 5.11 Å². The van der Waals surface area contributed by atoms with Gasteiger partial charge in [-0.25, -0.2) is 0 Å². The van der Waals surface area contributed by atoms with Gasteiger partial charge in [0.25, 0.3) is 0 Å². The van der Waals surface area contributed by atoms with E-state index in [2.05, 4.69) is 0 Å². The van der Waals surface area contributed by atoms with E-state index in [4.69, 9.17) is 0 Å². The SMILES string of the molecule is C/C=C(C)\C(=C/C)C(O)CC.CC. The van der Waals surface area contributed by atoms with Gasteiger partial charge in [0.15, 0.2) is 0 Å². The minimum absolute atomic E-state index is 0.295. The normalized spacial score (nSPS) is 14.7. The first kappa shape index (κ1) is 14.9. The van der Waals surface area contributed by atoms with E-state index in [0.29, 0.717) is 0 Å². The smallest absolute Gasteiger partial charge is 0.0786 e. The maximum absolute atomic E-state index is 9.51. The number of allylic oxidation sites excluding steroid dienone is 2. The summed E-state index contributed by atoms with van der Waals surface area (Å²) in [6, 6.07) is 0. The summed E-state index contributed by atoms with van der Waals surface area (Å²) in [5.74, 6) is 0. The first-order valence-electron chi connectivity index (χ1n) is 5.14. The van der Waals surface area contributed by atoms with E-state index in [-0.39, 0.29) is 6.10 Å². The zero-order valence-corrected chi connectivity index (χ0v) is 9.89. The highest BCUT2D eigenvalue weighted by Gasteiger charge is 2.07. The molecule has 0 aromatic rings. The monoisotopic (exact) mass is 184 g/mol. The quantitative estimate of drug-likeness (QED) is 0.663. The molecular formula is C12H24O. The fourth-order valence-corrected chi connectivity index (χ4v) is 1.07. The predicted octanol–water partition coefficient (Wildman–Crippen LogP) is 3.70. The Morgan fingerprint density at radius 1 is 1.23 bits per heavy atom. The van der Waals surface area contributed by atoms with Crippen molar-refractivity contribution in [1.82, 2.24) is 0 Å². The first-order chi connectivity index (χ1) is 6.17. The zero-order chi connectivity index (χ0) is 10.9. The van der Waals surface area contributed by atoms with Crippen molar-refractivity contribution in [3.8, 4) is 0 Å².